The number of ether oxygens (including phenoxy) is 1. The van der Waals surface area contributed by atoms with Gasteiger partial charge in [0.2, 0.25) is 0 Å². The molecule has 0 unspecified atom stereocenters. The predicted molar refractivity (Wildman–Crippen MR) is 47.7 cm³/mol. The van der Waals surface area contributed by atoms with Crippen molar-refractivity contribution >= 4 is 6.09 Å². The molecular weight excluding hydrogens is 230 g/mol. The van der Waals surface area contributed by atoms with Crippen LogP contribution in [-0.4, -0.2) is 42.0 Å². The number of nitrogens with zero attached hydrogens (tertiary/aromatic N) is 1. The lowest BCUT2D eigenvalue weighted by Crippen LogP contribution is -2.54. The van der Waals surface area contributed by atoms with Crippen LogP contribution in [0.3, 0.4) is 0 Å². The third-order valence-corrected chi connectivity index (χ3v) is 1.96. The highest BCUT2D eigenvalue weighted by Crippen LogP contribution is 2.36. The van der Waals surface area contributed by atoms with Crippen LogP contribution in [0.25, 0.3) is 0 Å². The highest BCUT2D eigenvalue weighted by Gasteiger charge is 2.51. The first kappa shape index (κ1) is 13.1. The van der Waals surface area contributed by atoms with Gasteiger partial charge < -0.3 is 4.74 Å². The first-order valence-corrected chi connectivity index (χ1v) is 4.82. The molecule has 0 aliphatic carbocycles. The topological polar surface area (TPSA) is 29.5 Å². The highest BCUT2D eigenvalue weighted by molar-refractivity contribution is 5.68. The molecule has 1 saturated heterocycles. The monoisotopic (exact) mass is 243 g/mol. The van der Waals surface area contributed by atoms with Crippen molar-refractivity contribution < 1.29 is 27.1 Å². The van der Waals surface area contributed by atoms with Crippen LogP contribution >= 0.6 is 0 Å². The molecule has 1 amide bonds. The Bertz CT molecular complexity index is 265. The smallest absolute Gasteiger partial charge is 0.410 e. The number of carbonyl (C=O) groups is 1. The molecule has 16 heavy (non-hydrogen) atoms. The molecule has 0 spiro atoms. The van der Waals surface area contributed by atoms with Crippen molar-refractivity contribution in [3.8, 4) is 0 Å². The van der Waals surface area contributed by atoms with Gasteiger partial charge in [-0.15, -0.1) is 0 Å². The molecule has 94 valence electrons. The quantitative estimate of drug-likeness (QED) is 0.662. The second kappa shape index (κ2) is 4.10. The fourth-order valence-electron chi connectivity index (χ4n) is 1.51. The van der Waals surface area contributed by atoms with Gasteiger partial charge in [0.05, 0.1) is 25.6 Å². The van der Waals surface area contributed by atoms with Crippen LogP contribution in [0.4, 0.5) is 22.4 Å². The van der Waals surface area contributed by atoms with E-state index in [1.165, 1.54) is 13.8 Å². The van der Waals surface area contributed by atoms with E-state index in [1.807, 2.05) is 0 Å². The van der Waals surface area contributed by atoms with Gasteiger partial charge in [0, 0.05) is 0 Å². The van der Waals surface area contributed by atoms with Gasteiger partial charge in [-0.05, 0) is 13.8 Å². The molecule has 1 aliphatic rings. The first-order valence-electron chi connectivity index (χ1n) is 4.82. The minimum atomic E-state index is -3.57. The van der Waals surface area contributed by atoms with Gasteiger partial charge in [-0.25, -0.2) is 22.4 Å². The van der Waals surface area contributed by atoms with Crippen LogP contribution in [0.2, 0.25) is 0 Å². The van der Waals surface area contributed by atoms with E-state index in [0.717, 1.165) is 0 Å². The largest absolute Gasteiger partial charge is 0.447 e. The summed E-state index contributed by atoms with van der Waals surface area (Å²) < 4.78 is 56.3. The zero-order chi connectivity index (χ0) is 12.6. The number of rotatable bonds is 1. The summed E-state index contributed by atoms with van der Waals surface area (Å²) in [5, 5.41) is 0. The molecule has 0 N–H and O–H groups in total. The lowest BCUT2D eigenvalue weighted by molar-refractivity contribution is -0.165. The fourth-order valence-corrected chi connectivity index (χ4v) is 1.51. The van der Waals surface area contributed by atoms with Gasteiger partial charge in [-0.2, -0.15) is 0 Å². The normalized spacial score (nSPS) is 23.3. The maximum Gasteiger partial charge on any atom is 0.410 e. The van der Waals surface area contributed by atoms with E-state index in [2.05, 4.69) is 4.74 Å². The van der Waals surface area contributed by atoms with Crippen molar-refractivity contribution in [3.63, 3.8) is 0 Å². The van der Waals surface area contributed by atoms with E-state index < -0.39 is 43.6 Å². The summed E-state index contributed by atoms with van der Waals surface area (Å²) in [5.74, 6) is -7.14. The predicted octanol–water partition coefficient (Wildman–Crippen LogP) is 2.51. The number of alkyl halides is 4. The zero-order valence-electron chi connectivity index (χ0n) is 8.97. The average molecular weight is 243 g/mol. The number of halogens is 4. The highest BCUT2D eigenvalue weighted by atomic mass is 19.3. The molecule has 1 heterocycles. The number of amides is 1. The Morgan fingerprint density at radius 1 is 1.19 bits per heavy atom. The van der Waals surface area contributed by atoms with Gasteiger partial charge in [0.1, 0.15) is 0 Å². The van der Waals surface area contributed by atoms with E-state index in [4.69, 9.17) is 0 Å². The Balaban J connectivity index is 2.71. The zero-order valence-corrected chi connectivity index (χ0v) is 8.97. The van der Waals surface area contributed by atoms with Gasteiger partial charge in [0.15, 0.2) is 0 Å². The Labute approximate surface area is 90.3 Å². The average Bonchev–Trinajstić information content (AvgIpc) is 1.96. The number of piperidine rings is 1. The SMILES string of the molecule is CC(C)OC(=O)N1CC(F)(F)CC(F)(F)C1. The Morgan fingerprint density at radius 2 is 1.62 bits per heavy atom. The number of hydrogen-bond acceptors (Lipinski definition) is 2. The van der Waals surface area contributed by atoms with Crippen molar-refractivity contribution in [1.82, 2.24) is 4.90 Å². The molecule has 3 nitrogen and oxygen atoms in total. The van der Waals surface area contributed by atoms with Crippen LogP contribution in [0.5, 0.6) is 0 Å². The lowest BCUT2D eigenvalue weighted by Gasteiger charge is -2.36. The standard InChI is InChI=1S/C9H13F4NO2/c1-6(2)16-7(15)14-4-8(10,11)3-9(12,13)5-14/h6H,3-5H2,1-2H3. The van der Waals surface area contributed by atoms with Crippen molar-refractivity contribution in [3.05, 3.63) is 0 Å². The summed E-state index contributed by atoms with van der Waals surface area (Å²) in [6.45, 7) is 0.985. The third kappa shape index (κ3) is 3.53. The van der Waals surface area contributed by atoms with Gasteiger partial charge in [0.25, 0.3) is 11.8 Å². The minimum Gasteiger partial charge on any atom is -0.447 e. The van der Waals surface area contributed by atoms with Crippen molar-refractivity contribution in [2.24, 2.45) is 0 Å². The minimum absolute atomic E-state index is 0.351. The van der Waals surface area contributed by atoms with Crippen LogP contribution in [0.15, 0.2) is 0 Å². The molecule has 1 aliphatic heterocycles. The molecular formula is C9H13F4NO2. The lowest BCUT2D eigenvalue weighted by atomic mass is 10.0. The van der Waals surface area contributed by atoms with Gasteiger partial charge in [-0.1, -0.05) is 0 Å². The summed E-state index contributed by atoms with van der Waals surface area (Å²) in [6.07, 6.45) is -3.18. The van der Waals surface area contributed by atoms with Crippen LogP contribution in [0.1, 0.15) is 20.3 Å². The second-order valence-corrected chi connectivity index (χ2v) is 4.18. The molecule has 0 atom stereocenters. The Morgan fingerprint density at radius 3 is 2.00 bits per heavy atom. The third-order valence-electron chi connectivity index (χ3n) is 1.96. The summed E-state index contributed by atoms with van der Waals surface area (Å²) in [4.78, 5) is 11.6. The summed E-state index contributed by atoms with van der Waals surface area (Å²) in [7, 11) is 0. The number of carbonyl (C=O) groups excluding carboxylic acids is 1. The number of hydrogen-bond donors (Lipinski definition) is 0. The molecule has 0 bridgehead atoms. The Hall–Kier alpha value is -1.01. The maximum atomic E-state index is 12.9. The van der Waals surface area contributed by atoms with E-state index in [9.17, 15) is 22.4 Å². The molecule has 1 fully saturated rings. The van der Waals surface area contributed by atoms with E-state index in [-0.39, 0.29) is 0 Å². The van der Waals surface area contributed by atoms with Crippen LogP contribution < -0.4 is 0 Å². The van der Waals surface area contributed by atoms with Crippen molar-refractivity contribution in [1.29, 1.82) is 0 Å². The van der Waals surface area contributed by atoms with E-state index in [1.54, 1.807) is 0 Å². The molecule has 0 aromatic heterocycles. The fraction of sp³-hybridized carbons (Fsp3) is 0.889. The van der Waals surface area contributed by atoms with Gasteiger partial charge in [-0.3, -0.25) is 4.90 Å². The number of likely N-dealkylation sites (tertiary alicyclic amines) is 1. The molecule has 0 aromatic carbocycles. The molecule has 1 rings (SSSR count). The van der Waals surface area contributed by atoms with Crippen molar-refractivity contribution in [2.45, 2.75) is 38.2 Å². The summed E-state index contributed by atoms with van der Waals surface area (Å²) >= 11 is 0. The maximum absolute atomic E-state index is 12.9. The van der Waals surface area contributed by atoms with Crippen molar-refractivity contribution in [2.75, 3.05) is 13.1 Å². The summed E-state index contributed by atoms with van der Waals surface area (Å²) in [5.41, 5.74) is 0. The second-order valence-electron chi connectivity index (χ2n) is 4.18. The Kier molecular flexibility index (Phi) is 3.35. The molecule has 0 aromatic rings. The molecule has 0 saturated carbocycles. The molecule has 7 heteroatoms. The van der Waals surface area contributed by atoms with Crippen LogP contribution in [-0.2, 0) is 4.74 Å². The first-order chi connectivity index (χ1) is 7.11. The van der Waals surface area contributed by atoms with E-state index in [0.29, 0.717) is 4.90 Å². The summed E-state index contributed by atoms with van der Waals surface area (Å²) in [6, 6.07) is 0. The van der Waals surface area contributed by atoms with Crippen LogP contribution in [0, 0.1) is 0 Å². The molecule has 0 radical (unpaired) electrons. The van der Waals surface area contributed by atoms with E-state index >= 15 is 0 Å². The van der Waals surface area contributed by atoms with Gasteiger partial charge >= 0.3 is 6.09 Å².